The van der Waals surface area contributed by atoms with E-state index in [9.17, 15) is 18.4 Å². The van der Waals surface area contributed by atoms with Crippen molar-refractivity contribution in [1.82, 2.24) is 14.5 Å². The molecule has 0 radical (unpaired) electrons. The van der Waals surface area contributed by atoms with Crippen LogP contribution in [-0.4, -0.2) is 20.4 Å². The number of amides is 1. The van der Waals surface area contributed by atoms with Gasteiger partial charge in [0.2, 0.25) is 5.91 Å². The summed E-state index contributed by atoms with van der Waals surface area (Å²) in [6, 6.07) is 9.14. The third-order valence-electron chi connectivity index (χ3n) is 5.16. The lowest BCUT2D eigenvalue weighted by Crippen LogP contribution is -2.22. The minimum Gasteiger partial charge on any atom is -0.326 e. The van der Waals surface area contributed by atoms with Crippen LogP contribution in [-0.2, 0) is 17.8 Å². The van der Waals surface area contributed by atoms with Crippen LogP contribution in [0, 0.1) is 11.6 Å². The van der Waals surface area contributed by atoms with Crippen LogP contribution in [0.3, 0.4) is 0 Å². The molecule has 1 amide bonds. The molecule has 30 heavy (non-hydrogen) atoms. The van der Waals surface area contributed by atoms with Crippen LogP contribution < -0.4 is 10.9 Å². The molecule has 0 fully saturated rings. The van der Waals surface area contributed by atoms with E-state index in [-0.39, 0.29) is 24.4 Å². The number of pyridine rings is 1. The van der Waals surface area contributed by atoms with Crippen molar-refractivity contribution in [2.45, 2.75) is 13.0 Å². The summed E-state index contributed by atoms with van der Waals surface area (Å²) < 4.78 is 30.8. The predicted octanol–water partition coefficient (Wildman–Crippen LogP) is 3.28. The number of hydrogen-bond donors (Lipinski definition) is 1. The average Bonchev–Trinajstić information content (AvgIpc) is 3.11. The number of carbonyl (C=O) groups excluding carboxylic acids is 1. The molecule has 3 heterocycles. The second-order valence-electron chi connectivity index (χ2n) is 7.09. The summed E-state index contributed by atoms with van der Waals surface area (Å²) in [4.78, 5) is 32.1. The number of nitrogens with zero attached hydrogens (tertiary/aromatic N) is 3. The molecule has 2 aromatic carbocycles. The van der Waals surface area contributed by atoms with E-state index in [1.54, 1.807) is 18.2 Å². The third-order valence-corrected chi connectivity index (χ3v) is 5.16. The molecule has 0 aliphatic carbocycles. The molecule has 1 aliphatic heterocycles. The number of aromatic nitrogens is 3. The van der Waals surface area contributed by atoms with Gasteiger partial charge in [-0.15, -0.1) is 0 Å². The van der Waals surface area contributed by atoms with Crippen LogP contribution in [0.1, 0.15) is 11.1 Å². The van der Waals surface area contributed by atoms with E-state index in [0.717, 1.165) is 10.1 Å². The van der Waals surface area contributed by atoms with Crippen molar-refractivity contribution in [2.24, 2.45) is 0 Å². The molecule has 148 valence electrons. The van der Waals surface area contributed by atoms with Crippen molar-refractivity contribution in [3.05, 3.63) is 88.2 Å². The maximum absolute atomic E-state index is 14.8. The minimum absolute atomic E-state index is 0.111. The van der Waals surface area contributed by atoms with Gasteiger partial charge in [0.15, 0.2) is 0 Å². The fourth-order valence-corrected chi connectivity index (χ4v) is 3.62. The SMILES string of the molecule is O=C1Cc2cc(-c3cc(F)c(Cn4cnc5cnccc5c4=O)c(F)c3)ccc2N1. The van der Waals surface area contributed by atoms with Crippen molar-refractivity contribution in [3.8, 4) is 11.1 Å². The molecule has 1 N–H and O–H groups in total. The molecule has 8 heteroatoms. The Bertz CT molecular complexity index is 1370. The van der Waals surface area contributed by atoms with Gasteiger partial charge in [0.05, 0.1) is 36.4 Å². The number of nitrogens with one attached hydrogen (secondary N) is 1. The predicted molar refractivity (Wildman–Crippen MR) is 107 cm³/mol. The Morgan fingerprint density at radius 3 is 2.63 bits per heavy atom. The number of carbonyl (C=O) groups is 1. The van der Waals surface area contributed by atoms with E-state index in [1.807, 2.05) is 0 Å². The molecule has 0 spiro atoms. The van der Waals surface area contributed by atoms with Gasteiger partial charge in [0.1, 0.15) is 11.6 Å². The second-order valence-corrected chi connectivity index (χ2v) is 7.09. The fraction of sp³-hybridized carbons (Fsp3) is 0.0909. The molecule has 0 unspecified atom stereocenters. The van der Waals surface area contributed by atoms with Crippen molar-refractivity contribution < 1.29 is 13.6 Å². The van der Waals surface area contributed by atoms with E-state index >= 15 is 0 Å². The topological polar surface area (TPSA) is 76.9 Å². The number of halogens is 2. The fourth-order valence-electron chi connectivity index (χ4n) is 3.62. The van der Waals surface area contributed by atoms with Crippen molar-refractivity contribution in [1.29, 1.82) is 0 Å². The highest BCUT2D eigenvalue weighted by molar-refractivity contribution is 5.99. The normalized spacial score (nSPS) is 12.8. The quantitative estimate of drug-likeness (QED) is 0.569. The summed E-state index contributed by atoms with van der Waals surface area (Å²) in [7, 11) is 0. The summed E-state index contributed by atoms with van der Waals surface area (Å²) >= 11 is 0. The van der Waals surface area contributed by atoms with Gasteiger partial charge in [-0.2, -0.15) is 0 Å². The second kappa shape index (κ2) is 6.84. The smallest absolute Gasteiger partial charge is 0.261 e. The van der Waals surface area contributed by atoms with E-state index < -0.39 is 17.2 Å². The molecular weight excluding hydrogens is 390 g/mol. The lowest BCUT2D eigenvalue weighted by molar-refractivity contribution is -0.115. The molecule has 1 aliphatic rings. The van der Waals surface area contributed by atoms with Gasteiger partial charge in [-0.05, 0) is 47.0 Å². The summed E-state index contributed by atoms with van der Waals surface area (Å²) in [5, 5.41) is 3.05. The molecular formula is C22H14F2N4O2. The standard InChI is InChI=1S/C22H14F2N4O2/c23-17-6-13(12-1-2-19-14(5-12)8-21(29)27-19)7-18(24)16(17)10-28-11-26-20-9-25-4-3-15(20)22(28)30/h1-7,9,11H,8,10H2,(H,27,29). The first-order chi connectivity index (χ1) is 14.5. The van der Waals surface area contributed by atoms with E-state index in [1.165, 1.54) is 36.9 Å². The van der Waals surface area contributed by atoms with Crippen molar-refractivity contribution >= 4 is 22.5 Å². The van der Waals surface area contributed by atoms with Crippen LogP contribution in [0.5, 0.6) is 0 Å². The summed E-state index contributed by atoms with van der Waals surface area (Å²) in [5.74, 6) is -1.64. The van der Waals surface area contributed by atoms with Gasteiger partial charge in [0.25, 0.3) is 5.56 Å². The Hall–Kier alpha value is -3.94. The van der Waals surface area contributed by atoms with E-state index in [2.05, 4.69) is 15.3 Å². The zero-order chi connectivity index (χ0) is 20.8. The molecule has 2 aromatic heterocycles. The Labute approximate surface area is 168 Å². The molecule has 0 saturated carbocycles. The number of anilines is 1. The summed E-state index contributed by atoms with van der Waals surface area (Å²) in [5.41, 5.74) is 2.23. The molecule has 0 atom stereocenters. The summed E-state index contributed by atoms with van der Waals surface area (Å²) in [6.07, 6.45) is 4.41. The average molecular weight is 404 g/mol. The van der Waals surface area contributed by atoms with Gasteiger partial charge >= 0.3 is 0 Å². The first-order valence-electron chi connectivity index (χ1n) is 9.20. The maximum Gasteiger partial charge on any atom is 0.261 e. The molecule has 6 nitrogen and oxygen atoms in total. The monoisotopic (exact) mass is 404 g/mol. The number of fused-ring (bicyclic) bond motifs is 2. The Morgan fingerprint density at radius 1 is 1.03 bits per heavy atom. The van der Waals surface area contributed by atoms with E-state index in [4.69, 9.17) is 0 Å². The minimum atomic E-state index is -0.763. The van der Waals surface area contributed by atoms with Crippen LogP contribution >= 0.6 is 0 Å². The molecule has 0 saturated heterocycles. The van der Waals surface area contributed by atoms with Crippen LogP contribution in [0.15, 0.2) is 59.9 Å². The third kappa shape index (κ3) is 3.02. The first kappa shape index (κ1) is 18.1. The molecule has 4 aromatic rings. The van der Waals surface area contributed by atoms with Gasteiger partial charge in [-0.3, -0.25) is 19.1 Å². The van der Waals surface area contributed by atoms with Gasteiger partial charge in [-0.25, -0.2) is 13.8 Å². The Balaban J connectivity index is 1.51. The lowest BCUT2D eigenvalue weighted by Gasteiger charge is -2.11. The number of benzene rings is 2. The highest BCUT2D eigenvalue weighted by atomic mass is 19.1. The first-order valence-corrected chi connectivity index (χ1v) is 9.20. The Morgan fingerprint density at radius 2 is 1.83 bits per heavy atom. The van der Waals surface area contributed by atoms with Crippen LogP contribution in [0.2, 0.25) is 0 Å². The Kier molecular flexibility index (Phi) is 4.13. The van der Waals surface area contributed by atoms with Gasteiger partial charge < -0.3 is 5.32 Å². The lowest BCUT2D eigenvalue weighted by atomic mass is 9.99. The molecule has 5 rings (SSSR count). The van der Waals surface area contributed by atoms with Crippen molar-refractivity contribution in [3.63, 3.8) is 0 Å². The zero-order valence-electron chi connectivity index (χ0n) is 15.5. The number of hydrogen-bond acceptors (Lipinski definition) is 4. The highest BCUT2D eigenvalue weighted by Gasteiger charge is 2.19. The van der Waals surface area contributed by atoms with Crippen LogP contribution in [0.25, 0.3) is 22.0 Å². The maximum atomic E-state index is 14.8. The highest BCUT2D eigenvalue weighted by Crippen LogP contribution is 2.31. The van der Waals surface area contributed by atoms with Gasteiger partial charge in [-0.1, -0.05) is 6.07 Å². The van der Waals surface area contributed by atoms with Crippen molar-refractivity contribution in [2.75, 3.05) is 5.32 Å². The van der Waals surface area contributed by atoms with Gasteiger partial charge in [0, 0.05) is 17.4 Å². The number of rotatable bonds is 3. The summed E-state index contributed by atoms with van der Waals surface area (Å²) in [6.45, 7) is -0.287. The van der Waals surface area contributed by atoms with Crippen LogP contribution in [0.4, 0.5) is 14.5 Å². The largest absolute Gasteiger partial charge is 0.326 e. The molecule has 0 bridgehead atoms. The zero-order valence-corrected chi connectivity index (χ0v) is 15.5. The van der Waals surface area contributed by atoms with E-state index in [0.29, 0.717) is 27.7 Å².